The number of halogens is 1. The van der Waals surface area contributed by atoms with E-state index in [1.54, 1.807) is 0 Å². The second-order valence-corrected chi connectivity index (χ2v) is 4.07. The minimum absolute atomic E-state index is 0. The number of benzene rings is 1. The number of amides is 1. The Labute approximate surface area is 93.1 Å². The van der Waals surface area contributed by atoms with E-state index in [9.17, 15) is 4.79 Å². The number of para-hydroxylation sites is 1. The fraction of sp³-hybridized carbons (Fsp3) is 0.222. The molecule has 0 fully saturated rings. The van der Waals surface area contributed by atoms with Crippen molar-refractivity contribution in [3.63, 3.8) is 0 Å². The summed E-state index contributed by atoms with van der Waals surface area (Å²) in [5, 5.41) is -0.252. The lowest BCUT2D eigenvalue weighted by atomic mass is 10.3. The Kier molecular flexibility index (Phi) is 3.29. The molecule has 2 rings (SSSR count). The fourth-order valence-corrected chi connectivity index (χ4v) is 2.54. The molecule has 0 aliphatic carbocycles. The summed E-state index contributed by atoms with van der Waals surface area (Å²) in [6.07, 6.45) is 0. The molecule has 1 aromatic carbocycles. The number of hydrogen-bond acceptors (Lipinski definition) is 3. The van der Waals surface area contributed by atoms with Crippen LogP contribution in [0.1, 0.15) is 0 Å². The maximum Gasteiger partial charge on any atom is 0.251 e. The highest BCUT2D eigenvalue weighted by molar-refractivity contribution is 8.01. The van der Waals surface area contributed by atoms with E-state index >= 15 is 0 Å². The first-order chi connectivity index (χ1) is 6.20. The second kappa shape index (κ2) is 4.11. The van der Waals surface area contributed by atoms with Crippen LogP contribution in [-0.4, -0.2) is 18.3 Å². The number of thioether (sulfide) groups is 1. The molecule has 0 spiro atoms. The van der Waals surface area contributed by atoms with Gasteiger partial charge in [-0.05, 0) is 12.1 Å². The summed E-state index contributed by atoms with van der Waals surface area (Å²) in [6.45, 7) is 0. The molecule has 1 atom stereocenters. The van der Waals surface area contributed by atoms with Gasteiger partial charge < -0.3 is 10.6 Å². The summed E-state index contributed by atoms with van der Waals surface area (Å²) < 4.78 is 0. The molecule has 0 saturated heterocycles. The number of carbonyl (C=O) groups is 1. The number of fused-ring (bicyclic) bond motifs is 1. The molecular weight excluding hydrogens is 220 g/mol. The van der Waals surface area contributed by atoms with Crippen molar-refractivity contribution in [2.75, 3.05) is 11.9 Å². The van der Waals surface area contributed by atoms with Gasteiger partial charge in [0, 0.05) is 11.9 Å². The first-order valence-electron chi connectivity index (χ1n) is 3.98. The van der Waals surface area contributed by atoms with Crippen LogP contribution >= 0.6 is 24.2 Å². The van der Waals surface area contributed by atoms with Gasteiger partial charge in [0.15, 0.2) is 5.37 Å². The molecule has 0 bridgehead atoms. The van der Waals surface area contributed by atoms with E-state index in [0.717, 1.165) is 10.6 Å². The molecule has 1 heterocycles. The zero-order chi connectivity index (χ0) is 9.42. The van der Waals surface area contributed by atoms with Crippen molar-refractivity contribution in [2.24, 2.45) is 5.73 Å². The summed E-state index contributed by atoms with van der Waals surface area (Å²) >= 11 is 1.50. The molecule has 1 aliphatic heterocycles. The number of primary amides is 1. The molecule has 5 heteroatoms. The van der Waals surface area contributed by atoms with Crippen molar-refractivity contribution in [3.8, 4) is 0 Å². The van der Waals surface area contributed by atoms with Crippen LogP contribution in [0, 0.1) is 0 Å². The first kappa shape index (κ1) is 11.2. The number of nitrogens with zero attached hydrogens (tertiary/aromatic N) is 1. The van der Waals surface area contributed by atoms with E-state index < -0.39 is 0 Å². The lowest BCUT2D eigenvalue weighted by molar-refractivity contribution is -0.117. The fourth-order valence-electron chi connectivity index (χ4n) is 1.42. The van der Waals surface area contributed by atoms with Gasteiger partial charge in [0.05, 0.1) is 5.69 Å². The van der Waals surface area contributed by atoms with Gasteiger partial charge in [-0.25, -0.2) is 0 Å². The Morgan fingerprint density at radius 1 is 1.50 bits per heavy atom. The Bertz CT molecular complexity index is 358. The molecular formula is C9H11ClN2OS. The number of rotatable bonds is 1. The quantitative estimate of drug-likeness (QED) is 0.795. The summed E-state index contributed by atoms with van der Waals surface area (Å²) in [4.78, 5) is 14.1. The average Bonchev–Trinajstić information content (AvgIpc) is 2.45. The molecule has 0 aromatic heterocycles. The highest BCUT2D eigenvalue weighted by Gasteiger charge is 2.30. The third-order valence-electron chi connectivity index (χ3n) is 2.08. The van der Waals surface area contributed by atoms with Gasteiger partial charge in [-0.3, -0.25) is 4.79 Å². The largest absolute Gasteiger partial charge is 0.367 e. The zero-order valence-corrected chi connectivity index (χ0v) is 9.27. The molecule has 14 heavy (non-hydrogen) atoms. The molecule has 0 saturated carbocycles. The lowest BCUT2D eigenvalue weighted by Crippen LogP contribution is -2.37. The van der Waals surface area contributed by atoms with E-state index in [1.807, 2.05) is 36.2 Å². The topological polar surface area (TPSA) is 46.3 Å². The highest BCUT2D eigenvalue weighted by Crippen LogP contribution is 2.41. The summed E-state index contributed by atoms with van der Waals surface area (Å²) in [5.74, 6) is -0.288. The molecule has 3 nitrogen and oxygen atoms in total. The third-order valence-corrected chi connectivity index (χ3v) is 3.45. The Hall–Kier alpha value is -0.870. The number of nitrogens with two attached hydrogens (primary N) is 1. The number of anilines is 1. The zero-order valence-electron chi connectivity index (χ0n) is 7.64. The van der Waals surface area contributed by atoms with Crippen LogP contribution in [0.25, 0.3) is 0 Å². The molecule has 2 N–H and O–H groups in total. The van der Waals surface area contributed by atoms with Gasteiger partial charge in [0.25, 0.3) is 5.91 Å². The van der Waals surface area contributed by atoms with Crippen LogP contribution in [-0.2, 0) is 4.79 Å². The lowest BCUT2D eigenvalue weighted by Gasteiger charge is -2.17. The van der Waals surface area contributed by atoms with Crippen molar-refractivity contribution in [2.45, 2.75) is 10.3 Å². The van der Waals surface area contributed by atoms with E-state index in [1.165, 1.54) is 11.8 Å². The van der Waals surface area contributed by atoms with Crippen molar-refractivity contribution >= 4 is 35.8 Å². The second-order valence-electron chi connectivity index (χ2n) is 2.95. The van der Waals surface area contributed by atoms with Gasteiger partial charge in [-0.2, -0.15) is 0 Å². The molecule has 1 aliphatic rings. The smallest absolute Gasteiger partial charge is 0.251 e. The van der Waals surface area contributed by atoms with Crippen LogP contribution < -0.4 is 10.6 Å². The molecule has 0 radical (unpaired) electrons. The maximum atomic E-state index is 11.0. The van der Waals surface area contributed by atoms with Crippen LogP contribution in [0.4, 0.5) is 5.69 Å². The normalized spacial score (nSPS) is 18.6. The van der Waals surface area contributed by atoms with Gasteiger partial charge in [-0.1, -0.05) is 23.9 Å². The van der Waals surface area contributed by atoms with Gasteiger partial charge >= 0.3 is 0 Å². The summed E-state index contributed by atoms with van der Waals surface area (Å²) in [7, 11) is 1.88. The highest BCUT2D eigenvalue weighted by atomic mass is 35.5. The van der Waals surface area contributed by atoms with E-state index in [2.05, 4.69) is 0 Å². The van der Waals surface area contributed by atoms with E-state index in [-0.39, 0.29) is 23.7 Å². The SMILES string of the molecule is CN1c2ccccc2SC1C(N)=O.Cl. The Balaban J connectivity index is 0.000000980. The molecule has 1 unspecified atom stereocenters. The predicted molar refractivity (Wildman–Crippen MR) is 60.9 cm³/mol. The minimum Gasteiger partial charge on any atom is -0.367 e. The monoisotopic (exact) mass is 230 g/mol. The molecule has 1 amide bonds. The van der Waals surface area contributed by atoms with Crippen molar-refractivity contribution in [3.05, 3.63) is 24.3 Å². The van der Waals surface area contributed by atoms with Crippen LogP contribution in [0.5, 0.6) is 0 Å². The molecule has 76 valence electrons. The van der Waals surface area contributed by atoms with Crippen molar-refractivity contribution in [1.29, 1.82) is 0 Å². The van der Waals surface area contributed by atoms with E-state index in [4.69, 9.17) is 5.73 Å². The average molecular weight is 231 g/mol. The standard InChI is InChI=1S/C9H10N2OS.ClH/c1-11-6-4-2-3-5-7(6)13-9(11)8(10)12;/h2-5,9H,1H3,(H2,10,12);1H. The van der Waals surface area contributed by atoms with Gasteiger partial charge in [-0.15, -0.1) is 12.4 Å². The third kappa shape index (κ3) is 1.67. The maximum absolute atomic E-state index is 11.0. The summed E-state index contributed by atoms with van der Waals surface area (Å²) in [5.41, 5.74) is 6.35. The minimum atomic E-state index is -0.288. The van der Waals surface area contributed by atoms with Crippen molar-refractivity contribution < 1.29 is 4.79 Å². The summed E-state index contributed by atoms with van der Waals surface area (Å²) in [6, 6.07) is 7.91. The van der Waals surface area contributed by atoms with E-state index in [0.29, 0.717) is 0 Å². The number of hydrogen-bond donors (Lipinski definition) is 1. The van der Waals surface area contributed by atoms with Crippen LogP contribution in [0.2, 0.25) is 0 Å². The van der Waals surface area contributed by atoms with Crippen LogP contribution in [0.15, 0.2) is 29.2 Å². The Morgan fingerprint density at radius 2 is 2.14 bits per heavy atom. The molecule has 1 aromatic rings. The number of carbonyl (C=O) groups excluding carboxylic acids is 1. The van der Waals surface area contributed by atoms with Gasteiger partial charge in [0.2, 0.25) is 0 Å². The number of likely N-dealkylation sites (N-methyl/N-ethyl adjacent to an activating group) is 1. The van der Waals surface area contributed by atoms with Gasteiger partial charge in [0.1, 0.15) is 0 Å². The van der Waals surface area contributed by atoms with Crippen molar-refractivity contribution in [1.82, 2.24) is 0 Å². The predicted octanol–water partition coefficient (Wildman–Crippen LogP) is 1.46. The Morgan fingerprint density at radius 3 is 2.71 bits per heavy atom. The first-order valence-corrected chi connectivity index (χ1v) is 4.86. The van der Waals surface area contributed by atoms with Crippen LogP contribution in [0.3, 0.4) is 0 Å².